The van der Waals surface area contributed by atoms with Crippen LogP contribution in [-0.2, 0) is 24.4 Å². The molecule has 5 heteroatoms. The second-order valence-electron chi connectivity index (χ2n) is 8.56. The van der Waals surface area contributed by atoms with Gasteiger partial charge < -0.3 is 10.1 Å². The summed E-state index contributed by atoms with van der Waals surface area (Å²) in [6.45, 7) is 12.2. The highest BCUT2D eigenvalue weighted by Gasteiger charge is 2.62. The van der Waals surface area contributed by atoms with Gasteiger partial charge in [0.05, 0.1) is 18.0 Å². The molecule has 0 radical (unpaired) electrons. The molecule has 1 saturated heterocycles. The Morgan fingerprint density at radius 3 is 3.09 bits per heavy atom. The van der Waals surface area contributed by atoms with E-state index in [1.54, 1.807) is 0 Å². The van der Waals surface area contributed by atoms with E-state index >= 15 is 0 Å². The molecule has 5 nitrogen and oxygen atoms in total. The molecule has 0 aromatic carbocycles. The Balaban J connectivity index is 1.46. The standard InChI is InChI=1S/C18H30N4O/c1-17(2)11-18(13-23-3)12-21(10-16(17)18)9-14-7-15-8-19-5-4-6-22(15)20-14/h7,16,19H,4-6,8-13H2,1-3H3/t16-,18-/m1/s1. The van der Waals surface area contributed by atoms with E-state index in [1.807, 2.05) is 7.11 Å². The Labute approximate surface area is 139 Å². The van der Waals surface area contributed by atoms with Gasteiger partial charge in [-0.15, -0.1) is 0 Å². The van der Waals surface area contributed by atoms with Crippen LogP contribution in [0.1, 0.15) is 38.1 Å². The summed E-state index contributed by atoms with van der Waals surface area (Å²) in [6.07, 6.45) is 2.46. The first kappa shape index (κ1) is 15.6. The first-order valence-corrected chi connectivity index (χ1v) is 9.00. The largest absolute Gasteiger partial charge is 0.384 e. The molecule has 128 valence electrons. The molecule has 1 saturated carbocycles. The number of fused-ring (bicyclic) bond motifs is 2. The third-order valence-corrected chi connectivity index (χ3v) is 6.23. The van der Waals surface area contributed by atoms with Crippen molar-refractivity contribution in [3.8, 4) is 0 Å². The van der Waals surface area contributed by atoms with Gasteiger partial charge in [0.2, 0.25) is 0 Å². The van der Waals surface area contributed by atoms with E-state index in [1.165, 1.54) is 30.8 Å². The molecule has 3 aliphatic rings. The molecule has 3 heterocycles. The smallest absolute Gasteiger partial charge is 0.0768 e. The fraction of sp³-hybridized carbons (Fsp3) is 0.833. The molecule has 2 atom stereocenters. The summed E-state index contributed by atoms with van der Waals surface area (Å²) >= 11 is 0. The SMILES string of the molecule is COC[C@@]12CN(Cc3cc4n(n3)CCCNC4)C[C@@H]1C(C)(C)C2. The van der Waals surface area contributed by atoms with Gasteiger partial charge in [0.15, 0.2) is 0 Å². The van der Waals surface area contributed by atoms with Gasteiger partial charge in [-0.25, -0.2) is 0 Å². The normalized spacial score (nSPS) is 32.9. The minimum atomic E-state index is 0.386. The van der Waals surface area contributed by atoms with Crippen LogP contribution in [-0.4, -0.2) is 48.0 Å². The summed E-state index contributed by atoms with van der Waals surface area (Å²) in [6, 6.07) is 2.30. The van der Waals surface area contributed by atoms with E-state index in [9.17, 15) is 0 Å². The summed E-state index contributed by atoms with van der Waals surface area (Å²) in [5, 5.41) is 8.33. The predicted octanol–water partition coefficient (Wildman–Crippen LogP) is 1.87. The lowest BCUT2D eigenvalue weighted by Gasteiger charge is -2.56. The Bertz CT molecular complexity index is 558. The highest BCUT2D eigenvalue weighted by atomic mass is 16.5. The molecule has 1 aromatic heterocycles. The summed E-state index contributed by atoms with van der Waals surface area (Å²) < 4.78 is 7.77. The molecule has 0 bridgehead atoms. The number of aromatic nitrogens is 2. The minimum absolute atomic E-state index is 0.386. The molecule has 1 aliphatic carbocycles. The van der Waals surface area contributed by atoms with Gasteiger partial charge in [0, 0.05) is 45.2 Å². The third kappa shape index (κ3) is 2.63. The number of likely N-dealkylation sites (tertiary alicyclic amines) is 1. The molecule has 2 fully saturated rings. The third-order valence-electron chi connectivity index (χ3n) is 6.23. The maximum atomic E-state index is 5.57. The lowest BCUT2D eigenvalue weighted by Crippen LogP contribution is -2.55. The van der Waals surface area contributed by atoms with Crippen LogP contribution < -0.4 is 5.32 Å². The molecule has 1 aromatic rings. The molecule has 0 amide bonds. The maximum absolute atomic E-state index is 5.57. The maximum Gasteiger partial charge on any atom is 0.0768 e. The van der Waals surface area contributed by atoms with Crippen LogP contribution in [0.2, 0.25) is 0 Å². The van der Waals surface area contributed by atoms with Gasteiger partial charge >= 0.3 is 0 Å². The first-order chi connectivity index (χ1) is 11.0. The zero-order valence-electron chi connectivity index (χ0n) is 14.8. The lowest BCUT2D eigenvalue weighted by atomic mass is 9.48. The molecule has 4 rings (SSSR count). The van der Waals surface area contributed by atoms with Gasteiger partial charge in [0.25, 0.3) is 0 Å². The van der Waals surface area contributed by atoms with Gasteiger partial charge in [-0.05, 0) is 36.8 Å². The van der Waals surface area contributed by atoms with Crippen molar-refractivity contribution in [1.29, 1.82) is 0 Å². The van der Waals surface area contributed by atoms with Crippen LogP contribution in [0.3, 0.4) is 0 Å². The molecule has 0 spiro atoms. The van der Waals surface area contributed by atoms with Crippen LogP contribution in [0, 0.1) is 16.7 Å². The van der Waals surface area contributed by atoms with E-state index in [0.29, 0.717) is 10.8 Å². The first-order valence-electron chi connectivity index (χ1n) is 9.00. The van der Waals surface area contributed by atoms with Crippen molar-refractivity contribution in [1.82, 2.24) is 20.0 Å². The highest BCUT2D eigenvalue weighted by molar-refractivity contribution is 5.15. The van der Waals surface area contributed by atoms with Crippen LogP contribution in [0.4, 0.5) is 0 Å². The van der Waals surface area contributed by atoms with E-state index in [0.717, 1.165) is 45.2 Å². The molecular weight excluding hydrogens is 288 g/mol. The number of nitrogens with zero attached hydrogens (tertiary/aromatic N) is 3. The van der Waals surface area contributed by atoms with Gasteiger partial charge in [-0.2, -0.15) is 5.10 Å². The summed E-state index contributed by atoms with van der Waals surface area (Å²) in [7, 11) is 1.85. The number of rotatable bonds is 4. The van der Waals surface area contributed by atoms with Crippen LogP contribution >= 0.6 is 0 Å². The lowest BCUT2D eigenvalue weighted by molar-refractivity contribution is -0.107. The number of methoxy groups -OCH3 is 1. The average Bonchev–Trinajstić information content (AvgIpc) is 2.91. The Hall–Kier alpha value is -0.910. The predicted molar refractivity (Wildman–Crippen MR) is 90.0 cm³/mol. The van der Waals surface area contributed by atoms with Crippen molar-refractivity contribution in [3.05, 3.63) is 17.5 Å². The highest BCUT2D eigenvalue weighted by Crippen LogP contribution is 2.62. The minimum Gasteiger partial charge on any atom is -0.384 e. The number of hydrogen-bond acceptors (Lipinski definition) is 4. The second kappa shape index (κ2) is 5.57. The van der Waals surface area contributed by atoms with Crippen molar-refractivity contribution < 1.29 is 4.74 Å². The van der Waals surface area contributed by atoms with Crippen LogP contribution in [0.15, 0.2) is 6.07 Å². The van der Waals surface area contributed by atoms with Crippen molar-refractivity contribution in [2.75, 3.05) is 33.4 Å². The molecule has 1 N–H and O–H groups in total. The fourth-order valence-electron chi connectivity index (χ4n) is 5.56. The molecular formula is C18H30N4O. The number of ether oxygens (including phenoxy) is 1. The summed E-state index contributed by atoms with van der Waals surface area (Å²) in [5.74, 6) is 0.761. The van der Waals surface area contributed by atoms with E-state index < -0.39 is 0 Å². The van der Waals surface area contributed by atoms with Crippen LogP contribution in [0.25, 0.3) is 0 Å². The zero-order valence-corrected chi connectivity index (χ0v) is 14.8. The topological polar surface area (TPSA) is 42.3 Å². The molecule has 23 heavy (non-hydrogen) atoms. The average molecular weight is 318 g/mol. The number of hydrogen-bond donors (Lipinski definition) is 1. The second-order valence-corrected chi connectivity index (χ2v) is 8.56. The van der Waals surface area contributed by atoms with Crippen molar-refractivity contribution in [2.24, 2.45) is 16.7 Å². The van der Waals surface area contributed by atoms with Gasteiger partial charge in [0.1, 0.15) is 0 Å². The van der Waals surface area contributed by atoms with Crippen molar-refractivity contribution in [3.63, 3.8) is 0 Å². The van der Waals surface area contributed by atoms with Crippen LogP contribution in [0.5, 0.6) is 0 Å². The van der Waals surface area contributed by atoms with Crippen molar-refractivity contribution in [2.45, 2.75) is 46.3 Å². The molecule has 0 unspecified atom stereocenters. The summed E-state index contributed by atoms with van der Waals surface area (Å²) in [4.78, 5) is 2.61. The Morgan fingerprint density at radius 1 is 1.43 bits per heavy atom. The van der Waals surface area contributed by atoms with E-state index in [2.05, 4.69) is 34.8 Å². The monoisotopic (exact) mass is 318 g/mol. The van der Waals surface area contributed by atoms with Crippen molar-refractivity contribution >= 4 is 0 Å². The van der Waals surface area contributed by atoms with E-state index in [-0.39, 0.29) is 0 Å². The van der Waals surface area contributed by atoms with E-state index in [4.69, 9.17) is 9.84 Å². The van der Waals surface area contributed by atoms with Gasteiger partial charge in [-0.1, -0.05) is 13.8 Å². The number of nitrogens with one attached hydrogen (secondary N) is 1. The van der Waals surface area contributed by atoms with Gasteiger partial charge in [-0.3, -0.25) is 9.58 Å². The summed E-state index contributed by atoms with van der Waals surface area (Å²) in [5.41, 5.74) is 3.42. The number of aryl methyl sites for hydroxylation is 1. The fourth-order valence-corrected chi connectivity index (χ4v) is 5.56. The zero-order chi connectivity index (χ0) is 16.1. The molecule has 2 aliphatic heterocycles. The quantitative estimate of drug-likeness (QED) is 0.920. The Morgan fingerprint density at radius 2 is 2.30 bits per heavy atom. The Kier molecular flexibility index (Phi) is 3.78.